The zero-order chi connectivity index (χ0) is 12.1. The number of carbonyl (C=O) groups excluding carboxylic acids is 1. The van der Waals surface area contributed by atoms with Crippen LogP contribution in [0.1, 0.15) is 32.1 Å². The number of nitrogens with zero attached hydrogens (tertiary/aromatic N) is 2. The molecule has 98 valence electrons. The van der Waals surface area contributed by atoms with E-state index < -0.39 is 0 Å². The van der Waals surface area contributed by atoms with Gasteiger partial charge in [0, 0.05) is 38.6 Å². The number of carbonyl (C=O) groups is 1. The minimum atomic E-state index is 0.341. The van der Waals surface area contributed by atoms with E-state index >= 15 is 0 Å². The van der Waals surface area contributed by atoms with E-state index in [1.807, 2.05) is 11.9 Å². The summed E-state index contributed by atoms with van der Waals surface area (Å²) in [6.07, 6.45) is 5.79. The van der Waals surface area contributed by atoms with Gasteiger partial charge in [-0.15, -0.1) is 0 Å². The highest BCUT2D eigenvalue weighted by molar-refractivity contribution is 5.76. The molecule has 1 saturated carbocycles. The van der Waals surface area contributed by atoms with Crippen LogP contribution in [0.3, 0.4) is 0 Å². The standard InChI is InChI=1S/C13H25N3O/c1-14-7-3-6-13(17)16-10-8-15(9-11-16)12-4-2-5-12/h12,14H,2-11H2,1H3. The average molecular weight is 239 g/mol. The minimum Gasteiger partial charge on any atom is -0.340 e. The van der Waals surface area contributed by atoms with Crippen LogP contribution in [0.2, 0.25) is 0 Å². The van der Waals surface area contributed by atoms with Gasteiger partial charge in [0.05, 0.1) is 0 Å². The summed E-state index contributed by atoms with van der Waals surface area (Å²) in [4.78, 5) is 16.5. The Hall–Kier alpha value is -0.610. The molecule has 17 heavy (non-hydrogen) atoms. The van der Waals surface area contributed by atoms with Gasteiger partial charge in [-0.1, -0.05) is 6.42 Å². The summed E-state index contributed by atoms with van der Waals surface area (Å²) in [6, 6.07) is 0.830. The van der Waals surface area contributed by atoms with Crippen molar-refractivity contribution in [1.82, 2.24) is 15.1 Å². The first-order chi connectivity index (χ1) is 8.31. The third-order valence-electron chi connectivity index (χ3n) is 4.08. The van der Waals surface area contributed by atoms with Gasteiger partial charge in [0.1, 0.15) is 0 Å². The van der Waals surface area contributed by atoms with Gasteiger partial charge in [0.2, 0.25) is 5.91 Å². The zero-order valence-corrected chi connectivity index (χ0v) is 11.0. The van der Waals surface area contributed by atoms with Crippen LogP contribution >= 0.6 is 0 Å². The maximum Gasteiger partial charge on any atom is 0.222 e. The molecule has 0 aromatic heterocycles. The van der Waals surface area contributed by atoms with E-state index in [0.717, 1.165) is 45.2 Å². The first kappa shape index (κ1) is 12.8. The summed E-state index contributed by atoms with van der Waals surface area (Å²) in [5.41, 5.74) is 0. The number of hydrogen-bond acceptors (Lipinski definition) is 3. The van der Waals surface area contributed by atoms with Crippen molar-refractivity contribution >= 4 is 5.91 Å². The number of amides is 1. The van der Waals surface area contributed by atoms with Gasteiger partial charge < -0.3 is 10.2 Å². The molecule has 0 bridgehead atoms. The topological polar surface area (TPSA) is 35.6 Å². The molecule has 1 N–H and O–H groups in total. The van der Waals surface area contributed by atoms with E-state index in [1.165, 1.54) is 19.3 Å². The predicted octanol–water partition coefficient (Wildman–Crippen LogP) is 0.683. The molecule has 0 aromatic carbocycles. The van der Waals surface area contributed by atoms with Gasteiger partial charge in [0.15, 0.2) is 0 Å². The highest BCUT2D eigenvalue weighted by Crippen LogP contribution is 2.25. The molecule has 1 aliphatic carbocycles. The van der Waals surface area contributed by atoms with Gasteiger partial charge in [-0.05, 0) is 32.9 Å². The van der Waals surface area contributed by atoms with Crippen molar-refractivity contribution in [3.8, 4) is 0 Å². The molecule has 4 heteroatoms. The molecule has 0 atom stereocenters. The lowest BCUT2D eigenvalue weighted by Crippen LogP contribution is -2.53. The lowest BCUT2D eigenvalue weighted by Gasteiger charge is -2.43. The number of rotatable bonds is 5. The Balaban J connectivity index is 1.65. The zero-order valence-electron chi connectivity index (χ0n) is 11.0. The lowest BCUT2D eigenvalue weighted by atomic mass is 9.91. The summed E-state index contributed by atoms with van der Waals surface area (Å²) in [5.74, 6) is 0.341. The Kier molecular flexibility index (Phi) is 4.80. The normalized spacial score (nSPS) is 22.5. The third kappa shape index (κ3) is 3.42. The molecule has 0 unspecified atom stereocenters. The van der Waals surface area contributed by atoms with Crippen molar-refractivity contribution in [3.63, 3.8) is 0 Å². The predicted molar refractivity (Wildman–Crippen MR) is 69.0 cm³/mol. The van der Waals surface area contributed by atoms with Crippen LogP contribution in [0.25, 0.3) is 0 Å². The van der Waals surface area contributed by atoms with Crippen molar-refractivity contribution in [2.75, 3.05) is 39.8 Å². The van der Waals surface area contributed by atoms with Crippen LogP contribution < -0.4 is 5.32 Å². The Morgan fingerprint density at radius 3 is 2.47 bits per heavy atom. The first-order valence-corrected chi connectivity index (χ1v) is 6.97. The summed E-state index contributed by atoms with van der Waals surface area (Å²) < 4.78 is 0. The molecule has 1 amide bonds. The summed E-state index contributed by atoms with van der Waals surface area (Å²) in [5, 5.41) is 3.08. The van der Waals surface area contributed by atoms with Gasteiger partial charge in [0.25, 0.3) is 0 Å². The van der Waals surface area contributed by atoms with E-state index in [0.29, 0.717) is 12.3 Å². The number of hydrogen-bond donors (Lipinski definition) is 1. The van der Waals surface area contributed by atoms with E-state index in [2.05, 4.69) is 10.2 Å². The second-order valence-electron chi connectivity index (χ2n) is 5.21. The van der Waals surface area contributed by atoms with Gasteiger partial charge in [-0.2, -0.15) is 0 Å². The molecular formula is C13H25N3O. The molecule has 2 rings (SSSR count). The largest absolute Gasteiger partial charge is 0.340 e. The van der Waals surface area contributed by atoms with Crippen molar-refractivity contribution in [2.24, 2.45) is 0 Å². The Labute approximate surface area is 104 Å². The second kappa shape index (κ2) is 6.36. The SMILES string of the molecule is CNCCCC(=O)N1CCN(C2CCC2)CC1. The van der Waals surface area contributed by atoms with Crippen molar-refractivity contribution in [3.05, 3.63) is 0 Å². The Bertz CT molecular complexity index is 245. The fourth-order valence-electron chi connectivity index (χ4n) is 2.66. The molecule has 0 spiro atoms. The summed E-state index contributed by atoms with van der Waals surface area (Å²) in [7, 11) is 1.93. The fourth-order valence-corrected chi connectivity index (χ4v) is 2.66. The minimum absolute atomic E-state index is 0.341. The van der Waals surface area contributed by atoms with E-state index in [1.54, 1.807) is 0 Å². The highest BCUT2D eigenvalue weighted by Gasteiger charge is 2.28. The molecule has 2 aliphatic rings. The van der Waals surface area contributed by atoms with Gasteiger partial charge >= 0.3 is 0 Å². The van der Waals surface area contributed by atoms with Crippen LogP contribution in [-0.2, 0) is 4.79 Å². The maximum absolute atomic E-state index is 11.9. The number of nitrogens with one attached hydrogen (secondary N) is 1. The molecule has 1 aliphatic heterocycles. The van der Waals surface area contributed by atoms with E-state index in [-0.39, 0.29) is 0 Å². The lowest BCUT2D eigenvalue weighted by molar-refractivity contribution is -0.133. The van der Waals surface area contributed by atoms with E-state index in [4.69, 9.17) is 0 Å². The van der Waals surface area contributed by atoms with Crippen LogP contribution in [0.15, 0.2) is 0 Å². The molecule has 2 fully saturated rings. The van der Waals surface area contributed by atoms with Crippen LogP contribution in [0, 0.1) is 0 Å². The molecule has 0 radical (unpaired) electrons. The quantitative estimate of drug-likeness (QED) is 0.717. The van der Waals surface area contributed by atoms with E-state index in [9.17, 15) is 4.79 Å². The van der Waals surface area contributed by atoms with Crippen LogP contribution in [-0.4, -0.2) is 61.5 Å². The Morgan fingerprint density at radius 2 is 1.94 bits per heavy atom. The van der Waals surface area contributed by atoms with Crippen molar-refractivity contribution in [2.45, 2.75) is 38.1 Å². The summed E-state index contributed by atoms with van der Waals surface area (Å²) >= 11 is 0. The van der Waals surface area contributed by atoms with Crippen molar-refractivity contribution in [1.29, 1.82) is 0 Å². The molecular weight excluding hydrogens is 214 g/mol. The highest BCUT2D eigenvalue weighted by atomic mass is 16.2. The van der Waals surface area contributed by atoms with Crippen LogP contribution in [0.4, 0.5) is 0 Å². The molecule has 0 aromatic rings. The molecule has 1 heterocycles. The molecule has 1 saturated heterocycles. The monoisotopic (exact) mass is 239 g/mol. The van der Waals surface area contributed by atoms with Crippen molar-refractivity contribution < 1.29 is 4.79 Å². The third-order valence-corrected chi connectivity index (χ3v) is 4.08. The Morgan fingerprint density at radius 1 is 1.24 bits per heavy atom. The smallest absolute Gasteiger partial charge is 0.222 e. The van der Waals surface area contributed by atoms with Crippen LogP contribution in [0.5, 0.6) is 0 Å². The fraction of sp³-hybridized carbons (Fsp3) is 0.923. The van der Waals surface area contributed by atoms with Gasteiger partial charge in [-0.25, -0.2) is 0 Å². The second-order valence-corrected chi connectivity index (χ2v) is 5.21. The average Bonchev–Trinajstić information content (AvgIpc) is 2.28. The molecule has 4 nitrogen and oxygen atoms in total. The maximum atomic E-state index is 11.9. The van der Waals surface area contributed by atoms with Gasteiger partial charge in [-0.3, -0.25) is 9.69 Å². The summed E-state index contributed by atoms with van der Waals surface area (Å²) in [6.45, 7) is 4.99. The first-order valence-electron chi connectivity index (χ1n) is 6.97. The number of piperazine rings is 1.